The molecular weight excluding hydrogens is 417 g/mol. The quantitative estimate of drug-likeness (QED) is 0.728. The lowest BCUT2D eigenvalue weighted by Gasteiger charge is -2.09. The van der Waals surface area contributed by atoms with Gasteiger partial charge in [0.1, 0.15) is 5.25 Å². The molecule has 0 unspecified atom stereocenters. The van der Waals surface area contributed by atoms with Crippen LogP contribution < -0.4 is 10.6 Å². The molecule has 1 aliphatic rings. The number of benzene rings is 2. The molecule has 2 amide bonds. The van der Waals surface area contributed by atoms with Gasteiger partial charge >= 0.3 is 0 Å². The molecular formula is C17H12Cl3N3O2S. The Kier molecular flexibility index (Phi) is 6.09. The standard InChI is InChI=1S/C17H12Cl3N3O2S/c18-9-5-6-13(11(20)7-9)21-15(24)8-14-16(25)23-17(26-14)22-12-4-2-1-3-10(12)19/h1-7,14H,8H2,(H,21,24)(H,22,23,25)/t14-/m0/s1. The Labute approximate surface area is 169 Å². The molecule has 2 aromatic carbocycles. The number of hydrogen-bond donors (Lipinski definition) is 2. The van der Waals surface area contributed by atoms with Gasteiger partial charge in [-0.05, 0) is 30.3 Å². The van der Waals surface area contributed by atoms with Crippen molar-refractivity contribution in [3.05, 3.63) is 57.5 Å². The number of carbonyl (C=O) groups excluding carboxylic acids is 2. The first-order chi connectivity index (χ1) is 12.4. The molecule has 0 spiro atoms. The normalized spacial score (nSPS) is 18.0. The van der Waals surface area contributed by atoms with Crippen molar-refractivity contribution in [1.29, 1.82) is 0 Å². The maximum absolute atomic E-state index is 12.2. The molecule has 134 valence electrons. The van der Waals surface area contributed by atoms with Gasteiger partial charge in [0.05, 0.1) is 21.4 Å². The van der Waals surface area contributed by atoms with E-state index in [0.29, 0.717) is 31.6 Å². The van der Waals surface area contributed by atoms with Gasteiger partial charge in [0, 0.05) is 11.4 Å². The Balaban J connectivity index is 1.64. The molecule has 0 bridgehead atoms. The summed E-state index contributed by atoms with van der Waals surface area (Å²) in [6.45, 7) is 0. The molecule has 5 nitrogen and oxygen atoms in total. The first kappa shape index (κ1) is 19.0. The highest BCUT2D eigenvalue weighted by Crippen LogP contribution is 2.30. The molecule has 0 radical (unpaired) electrons. The number of rotatable bonds is 4. The Morgan fingerprint density at radius 2 is 1.92 bits per heavy atom. The van der Waals surface area contributed by atoms with Gasteiger partial charge in [-0.25, -0.2) is 4.99 Å². The summed E-state index contributed by atoms with van der Waals surface area (Å²) in [5.41, 5.74) is 0.990. The maximum atomic E-state index is 12.2. The minimum atomic E-state index is -0.581. The smallest absolute Gasteiger partial charge is 0.240 e. The van der Waals surface area contributed by atoms with E-state index in [1.165, 1.54) is 17.8 Å². The summed E-state index contributed by atoms with van der Waals surface area (Å²) in [5, 5.41) is 6.44. The van der Waals surface area contributed by atoms with Gasteiger partial charge in [-0.1, -0.05) is 58.7 Å². The van der Waals surface area contributed by atoms with E-state index in [0.717, 1.165) is 0 Å². The van der Waals surface area contributed by atoms with Crippen molar-refractivity contribution in [3.63, 3.8) is 0 Å². The number of carbonyl (C=O) groups is 2. The van der Waals surface area contributed by atoms with Gasteiger partial charge in [-0.3, -0.25) is 9.59 Å². The fourth-order valence-electron chi connectivity index (χ4n) is 2.20. The molecule has 0 aromatic heterocycles. The Morgan fingerprint density at radius 3 is 2.65 bits per heavy atom. The van der Waals surface area contributed by atoms with E-state index >= 15 is 0 Å². The number of halogens is 3. The highest BCUT2D eigenvalue weighted by atomic mass is 35.5. The molecule has 1 saturated heterocycles. The Morgan fingerprint density at radius 1 is 1.15 bits per heavy atom. The van der Waals surface area contributed by atoms with Crippen molar-refractivity contribution in [2.45, 2.75) is 11.7 Å². The van der Waals surface area contributed by atoms with Crippen molar-refractivity contribution in [3.8, 4) is 0 Å². The van der Waals surface area contributed by atoms with Gasteiger partial charge in [0.25, 0.3) is 0 Å². The predicted octanol–water partition coefficient (Wildman–Crippen LogP) is 4.89. The van der Waals surface area contributed by atoms with Crippen LogP contribution in [0.25, 0.3) is 0 Å². The number of amides is 2. The minimum absolute atomic E-state index is 0.0169. The number of nitrogens with zero attached hydrogens (tertiary/aromatic N) is 1. The second kappa shape index (κ2) is 8.31. The van der Waals surface area contributed by atoms with Crippen LogP contribution in [-0.2, 0) is 9.59 Å². The summed E-state index contributed by atoms with van der Waals surface area (Å²) in [4.78, 5) is 28.6. The van der Waals surface area contributed by atoms with Gasteiger partial charge in [0.15, 0.2) is 5.17 Å². The first-order valence-corrected chi connectivity index (χ1v) is 9.49. The number of thioether (sulfide) groups is 1. The van der Waals surface area contributed by atoms with E-state index in [1.54, 1.807) is 36.4 Å². The van der Waals surface area contributed by atoms with Crippen LogP contribution in [0.15, 0.2) is 47.5 Å². The van der Waals surface area contributed by atoms with E-state index in [1.807, 2.05) is 0 Å². The van der Waals surface area contributed by atoms with Crippen LogP contribution in [0.2, 0.25) is 15.1 Å². The molecule has 2 N–H and O–H groups in total. The Hall–Kier alpha value is -1.73. The summed E-state index contributed by atoms with van der Waals surface area (Å²) >= 11 is 19.1. The molecule has 1 aliphatic heterocycles. The van der Waals surface area contributed by atoms with E-state index in [9.17, 15) is 9.59 Å². The molecule has 1 heterocycles. The van der Waals surface area contributed by atoms with Crippen molar-refractivity contribution >= 4 is 74.9 Å². The molecule has 0 saturated carbocycles. The third-order valence-corrected chi connectivity index (χ3v) is 5.38. The van der Waals surface area contributed by atoms with Crippen LogP contribution in [0, 0.1) is 0 Å². The van der Waals surface area contributed by atoms with Crippen LogP contribution in [0.4, 0.5) is 11.4 Å². The predicted molar refractivity (Wildman–Crippen MR) is 108 cm³/mol. The molecule has 1 atom stereocenters. The number of para-hydroxylation sites is 1. The molecule has 1 fully saturated rings. The summed E-state index contributed by atoms with van der Waals surface area (Å²) in [6, 6.07) is 11.8. The zero-order valence-electron chi connectivity index (χ0n) is 13.1. The summed E-state index contributed by atoms with van der Waals surface area (Å²) in [6.07, 6.45) is -0.0169. The van der Waals surface area contributed by atoms with Crippen molar-refractivity contribution in [2.24, 2.45) is 4.99 Å². The summed E-state index contributed by atoms with van der Waals surface area (Å²) in [7, 11) is 0. The van der Waals surface area contributed by atoms with Crippen molar-refractivity contribution in [1.82, 2.24) is 5.32 Å². The zero-order valence-corrected chi connectivity index (χ0v) is 16.2. The zero-order chi connectivity index (χ0) is 18.7. The van der Waals surface area contributed by atoms with Gasteiger partial charge in [0.2, 0.25) is 11.8 Å². The van der Waals surface area contributed by atoms with Crippen LogP contribution in [0.1, 0.15) is 6.42 Å². The number of nitrogens with one attached hydrogen (secondary N) is 2. The van der Waals surface area contributed by atoms with E-state index < -0.39 is 5.25 Å². The number of hydrogen-bond acceptors (Lipinski definition) is 4. The lowest BCUT2D eigenvalue weighted by Crippen LogP contribution is -2.28. The van der Waals surface area contributed by atoms with E-state index in [-0.39, 0.29) is 18.2 Å². The lowest BCUT2D eigenvalue weighted by atomic mass is 10.2. The van der Waals surface area contributed by atoms with Gasteiger partial charge < -0.3 is 10.6 Å². The number of amidine groups is 1. The molecule has 0 aliphatic carbocycles. The summed E-state index contributed by atoms with van der Waals surface area (Å²) in [5.74, 6) is -0.612. The third-order valence-electron chi connectivity index (χ3n) is 3.43. The van der Waals surface area contributed by atoms with Crippen LogP contribution in [0.5, 0.6) is 0 Å². The highest BCUT2D eigenvalue weighted by molar-refractivity contribution is 8.15. The fraction of sp³-hybridized carbons (Fsp3) is 0.118. The molecule has 26 heavy (non-hydrogen) atoms. The monoisotopic (exact) mass is 427 g/mol. The van der Waals surface area contributed by atoms with Crippen molar-refractivity contribution < 1.29 is 9.59 Å². The first-order valence-electron chi connectivity index (χ1n) is 7.48. The van der Waals surface area contributed by atoms with E-state index in [4.69, 9.17) is 34.8 Å². The molecule has 2 aromatic rings. The molecule has 9 heteroatoms. The average Bonchev–Trinajstić information content (AvgIpc) is 2.92. The highest BCUT2D eigenvalue weighted by Gasteiger charge is 2.32. The third kappa shape index (κ3) is 4.71. The maximum Gasteiger partial charge on any atom is 0.240 e. The SMILES string of the molecule is O=C(C[C@@H]1SC(=Nc2ccccc2Cl)NC1=O)Nc1ccc(Cl)cc1Cl. The minimum Gasteiger partial charge on any atom is -0.325 e. The average molecular weight is 429 g/mol. The largest absolute Gasteiger partial charge is 0.325 e. The Bertz CT molecular complexity index is 905. The molecule has 3 rings (SSSR count). The lowest BCUT2D eigenvalue weighted by molar-refractivity contribution is -0.122. The topological polar surface area (TPSA) is 70.6 Å². The van der Waals surface area contributed by atoms with Crippen LogP contribution in [0.3, 0.4) is 0 Å². The van der Waals surface area contributed by atoms with E-state index in [2.05, 4.69) is 15.6 Å². The van der Waals surface area contributed by atoms with Crippen LogP contribution in [-0.4, -0.2) is 22.2 Å². The second-order valence-electron chi connectivity index (χ2n) is 5.34. The fourth-order valence-corrected chi connectivity index (χ4v) is 3.82. The number of aliphatic imine (C=N–C) groups is 1. The van der Waals surface area contributed by atoms with Gasteiger partial charge in [-0.2, -0.15) is 0 Å². The van der Waals surface area contributed by atoms with Gasteiger partial charge in [-0.15, -0.1) is 0 Å². The van der Waals surface area contributed by atoms with Crippen molar-refractivity contribution in [2.75, 3.05) is 5.32 Å². The number of anilines is 1. The van der Waals surface area contributed by atoms with Crippen LogP contribution >= 0.6 is 46.6 Å². The second-order valence-corrected chi connectivity index (χ2v) is 7.78. The summed E-state index contributed by atoms with van der Waals surface area (Å²) < 4.78 is 0.